The molecule has 0 radical (unpaired) electrons. The predicted octanol–water partition coefficient (Wildman–Crippen LogP) is 1.43. The number of hydrogen-bond acceptors (Lipinski definition) is 3. The molecule has 19 heavy (non-hydrogen) atoms. The van der Waals surface area contributed by atoms with Gasteiger partial charge in [0.25, 0.3) is 0 Å². The lowest BCUT2D eigenvalue weighted by molar-refractivity contribution is -0.123. The van der Waals surface area contributed by atoms with E-state index in [2.05, 4.69) is 10.4 Å². The molecule has 1 heterocycles. The Balaban J connectivity index is 1.82. The van der Waals surface area contributed by atoms with Gasteiger partial charge in [0.05, 0.1) is 18.3 Å². The zero-order valence-electron chi connectivity index (χ0n) is 11.8. The van der Waals surface area contributed by atoms with Crippen LogP contribution in [-0.2, 0) is 23.0 Å². The summed E-state index contributed by atoms with van der Waals surface area (Å²) in [7, 11) is 3.58. The van der Waals surface area contributed by atoms with Crippen LogP contribution in [0, 0.1) is 0 Å². The molecular weight excluding hydrogens is 242 g/mol. The first-order chi connectivity index (χ1) is 9.13. The molecule has 5 nitrogen and oxygen atoms in total. The molecule has 2 rings (SSSR count). The molecular formula is C14H23N3O2. The van der Waals surface area contributed by atoms with Crippen molar-refractivity contribution in [3.8, 4) is 0 Å². The van der Waals surface area contributed by atoms with Gasteiger partial charge in [0.1, 0.15) is 0 Å². The maximum Gasteiger partial charge on any atom is 0.220 e. The Hall–Kier alpha value is -1.36. The molecule has 0 aromatic carbocycles. The summed E-state index contributed by atoms with van der Waals surface area (Å²) < 4.78 is 7.03. The number of carbonyl (C=O) groups excluding carboxylic acids is 1. The van der Waals surface area contributed by atoms with Crippen molar-refractivity contribution in [2.45, 2.75) is 44.1 Å². The van der Waals surface area contributed by atoms with Crippen LogP contribution in [-0.4, -0.2) is 34.9 Å². The van der Waals surface area contributed by atoms with Crippen molar-refractivity contribution >= 4 is 5.91 Å². The number of amides is 1. The zero-order valence-corrected chi connectivity index (χ0v) is 11.8. The fraction of sp³-hybridized carbons (Fsp3) is 0.714. The van der Waals surface area contributed by atoms with Crippen LogP contribution in [0.3, 0.4) is 0 Å². The van der Waals surface area contributed by atoms with E-state index in [0.717, 1.165) is 24.8 Å². The van der Waals surface area contributed by atoms with Crippen molar-refractivity contribution < 1.29 is 9.53 Å². The molecule has 1 aromatic rings. The smallest absolute Gasteiger partial charge is 0.220 e. The highest BCUT2D eigenvalue weighted by Crippen LogP contribution is 2.29. The SMILES string of the molecule is COCC1(NC(=O)CCc2cnn(C)c2)CCCC1. The average Bonchev–Trinajstić information content (AvgIpc) is 2.97. The van der Waals surface area contributed by atoms with Crippen LogP contribution >= 0.6 is 0 Å². The van der Waals surface area contributed by atoms with Gasteiger partial charge >= 0.3 is 0 Å². The standard InChI is InChI=1S/C14H23N3O2/c1-17-10-12(9-15-17)5-6-13(18)16-14(11-19-2)7-3-4-8-14/h9-10H,3-8,11H2,1-2H3,(H,16,18). The second-order valence-electron chi connectivity index (χ2n) is 5.49. The number of aryl methyl sites for hydroxylation is 2. The highest BCUT2D eigenvalue weighted by molar-refractivity contribution is 5.77. The molecule has 1 fully saturated rings. The Morgan fingerprint density at radius 2 is 2.26 bits per heavy atom. The van der Waals surface area contributed by atoms with Crippen LogP contribution in [0.25, 0.3) is 0 Å². The topological polar surface area (TPSA) is 56.1 Å². The fourth-order valence-electron chi connectivity index (χ4n) is 2.85. The van der Waals surface area contributed by atoms with Crippen molar-refractivity contribution in [2.24, 2.45) is 7.05 Å². The van der Waals surface area contributed by atoms with E-state index in [9.17, 15) is 4.79 Å². The number of ether oxygens (including phenoxy) is 1. The third-order valence-electron chi connectivity index (χ3n) is 3.78. The van der Waals surface area contributed by atoms with Crippen LogP contribution in [0.1, 0.15) is 37.7 Å². The van der Waals surface area contributed by atoms with E-state index in [0.29, 0.717) is 13.0 Å². The van der Waals surface area contributed by atoms with Gasteiger partial charge in [0.2, 0.25) is 5.91 Å². The molecule has 1 N–H and O–H groups in total. The van der Waals surface area contributed by atoms with Crippen molar-refractivity contribution in [1.82, 2.24) is 15.1 Å². The summed E-state index contributed by atoms with van der Waals surface area (Å²) >= 11 is 0. The van der Waals surface area contributed by atoms with Gasteiger partial charge in [-0.25, -0.2) is 0 Å². The maximum absolute atomic E-state index is 12.1. The molecule has 0 bridgehead atoms. The Morgan fingerprint density at radius 1 is 1.53 bits per heavy atom. The summed E-state index contributed by atoms with van der Waals surface area (Å²) in [6, 6.07) is 0. The molecule has 0 saturated heterocycles. The first kappa shape index (κ1) is 14.1. The van der Waals surface area contributed by atoms with Crippen LogP contribution in [0.15, 0.2) is 12.4 Å². The summed E-state index contributed by atoms with van der Waals surface area (Å²) in [5.41, 5.74) is 0.977. The lowest BCUT2D eigenvalue weighted by atomic mass is 9.98. The summed E-state index contributed by atoms with van der Waals surface area (Å²) in [4.78, 5) is 12.1. The van der Waals surface area contributed by atoms with Crippen LogP contribution in [0.5, 0.6) is 0 Å². The third kappa shape index (κ3) is 3.80. The van der Waals surface area contributed by atoms with Crippen molar-refractivity contribution in [3.05, 3.63) is 18.0 Å². The van der Waals surface area contributed by atoms with Gasteiger partial charge in [0, 0.05) is 26.8 Å². The minimum atomic E-state index is -0.124. The van der Waals surface area contributed by atoms with Gasteiger partial charge in [-0.05, 0) is 24.8 Å². The van der Waals surface area contributed by atoms with E-state index in [-0.39, 0.29) is 11.4 Å². The average molecular weight is 265 g/mol. The molecule has 106 valence electrons. The van der Waals surface area contributed by atoms with Crippen molar-refractivity contribution in [3.63, 3.8) is 0 Å². The summed E-state index contributed by atoms with van der Waals surface area (Å²) in [5, 5.41) is 7.29. The van der Waals surface area contributed by atoms with E-state index in [1.54, 1.807) is 11.8 Å². The van der Waals surface area contributed by atoms with E-state index in [1.807, 2.05) is 19.4 Å². The molecule has 5 heteroatoms. The number of aromatic nitrogens is 2. The van der Waals surface area contributed by atoms with Gasteiger partial charge in [-0.15, -0.1) is 0 Å². The number of nitrogens with zero attached hydrogens (tertiary/aromatic N) is 2. The first-order valence-electron chi connectivity index (χ1n) is 6.91. The van der Waals surface area contributed by atoms with E-state index in [1.165, 1.54) is 12.8 Å². The molecule has 1 saturated carbocycles. The van der Waals surface area contributed by atoms with Crippen LogP contribution in [0.4, 0.5) is 0 Å². The summed E-state index contributed by atoms with van der Waals surface area (Å²) in [5.74, 6) is 0.114. The minimum Gasteiger partial charge on any atom is -0.382 e. The van der Waals surface area contributed by atoms with Crippen molar-refractivity contribution in [1.29, 1.82) is 0 Å². The van der Waals surface area contributed by atoms with Gasteiger partial charge in [-0.1, -0.05) is 12.8 Å². The predicted molar refractivity (Wildman–Crippen MR) is 72.7 cm³/mol. The largest absolute Gasteiger partial charge is 0.382 e. The highest BCUT2D eigenvalue weighted by Gasteiger charge is 2.35. The van der Waals surface area contributed by atoms with Gasteiger partial charge in [-0.3, -0.25) is 9.48 Å². The molecule has 0 spiro atoms. The second kappa shape index (κ2) is 6.19. The third-order valence-corrected chi connectivity index (χ3v) is 3.78. The number of rotatable bonds is 6. The van der Waals surface area contributed by atoms with Gasteiger partial charge in [0.15, 0.2) is 0 Å². The monoisotopic (exact) mass is 265 g/mol. The lowest BCUT2D eigenvalue weighted by Crippen LogP contribution is -2.49. The molecule has 0 unspecified atom stereocenters. The Labute approximate surface area is 114 Å². The molecule has 0 atom stereocenters. The quantitative estimate of drug-likeness (QED) is 0.846. The van der Waals surface area contributed by atoms with Gasteiger partial charge in [-0.2, -0.15) is 5.10 Å². The zero-order chi connectivity index (χ0) is 13.7. The molecule has 1 aromatic heterocycles. The first-order valence-corrected chi connectivity index (χ1v) is 6.91. The van der Waals surface area contributed by atoms with Crippen LogP contribution < -0.4 is 5.32 Å². The fourth-order valence-corrected chi connectivity index (χ4v) is 2.85. The molecule has 1 aliphatic carbocycles. The number of nitrogens with one attached hydrogen (secondary N) is 1. The van der Waals surface area contributed by atoms with E-state index in [4.69, 9.17) is 4.74 Å². The number of methoxy groups -OCH3 is 1. The number of carbonyl (C=O) groups is 1. The normalized spacial score (nSPS) is 17.6. The van der Waals surface area contributed by atoms with Gasteiger partial charge < -0.3 is 10.1 Å². The summed E-state index contributed by atoms with van der Waals surface area (Å²) in [6.07, 6.45) is 9.42. The van der Waals surface area contributed by atoms with E-state index < -0.39 is 0 Å². The highest BCUT2D eigenvalue weighted by atomic mass is 16.5. The van der Waals surface area contributed by atoms with Crippen molar-refractivity contribution in [2.75, 3.05) is 13.7 Å². The lowest BCUT2D eigenvalue weighted by Gasteiger charge is -2.29. The Morgan fingerprint density at radius 3 is 2.84 bits per heavy atom. The second-order valence-corrected chi connectivity index (χ2v) is 5.49. The maximum atomic E-state index is 12.1. The number of hydrogen-bond donors (Lipinski definition) is 1. The van der Waals surface area contributed by atoms with E-state index >= 15 is 0 Å². The van der Waals surface area contributed by atoms with Crippen LogP contribution in [0.2, 0.25) is 0 Å². The molecule has 0 aliphatic heterocycles. The Kier molecular flexibility index (Phi) is 4.58. The molecule has 1 amide bonds. The molecule has 1 aliphatic rings. The summed E-state index contributed by atoms with van der Waals surface area (Å²) in [6.45, 7) is 0.617. The Bertz CT molecular complexity index is 422. The minimum absolute atomic E-state index is 0.114.